The van der Waals surface area contributed by atoms with Gasteiger partial charge in [-0.15, -0.1) is 0 Å². The standard InChI is InChI=1S/C8H16O3/c1-3-4-10-7-8-11-6-5-9-2/h3-4H,5-8H2,1-2H3/b4-3+. The molecule has 0 unspecified atom stereocenters. The van der Waals surface area contributed by atoms with E-state index < -0.39 is 0 Å². The van der Waals surface area contributed by atoms with E-state index >= 15 is 0 Å². The molecule has 0 aliphatic carbocycles. The van der Waals surface area contributed by atoms with Crippen LogP contribution in [0.2, 0.25) is 0 Å². The molecule has 0 atom stereocenters. The van der Waals surface area contributed by atoms with Crippen LogP contribution in [0, 0.1) is 0 Å². The molecule has 0 radical (unpaired) electrons. The summed E-state index contributed by atoms with van der Waals surface area (Å²) < 4.78 is 14.9. The first-order valence-electron chi connectivity index (χ1n) is 3.71. The molecule has 0 fully saturated rings. The third-order valence-corrected chi connectivity index (χ3v) is 1.01. The molecule has 0 saturated heterocycles. The van der Waals surface area contributed by atoms with Crippen molar-refractivity contribution < 1.29 is 14.2 Å². The molecular formula is C8H16O3. The molecule has 0 aliphatic rings. The predicted octanol–water partition coefficient (Wildman–Crippen LogP) is 1.20. The summed E-state index contributed by atoms with van der Waals surface area (Å²) in [6.45, 7) is 4.41. The molecule has 66 valence electrons. The SMILES string of the molecule is C/C=C/OCCOCCOC. The lowest BCUT2D eigenvalue weighted by atomic mass is 10.7. The van der Waals surface area contributed by atoms with Gasteiger partial charge in [-0.1, -0.05) is 6.08 Å². The molecule has 0 amide bonds. The van der Waals surface area contributed by atoms with Crippen LogP contribution in [-0.4, -0.2) is 33.5 Å². The minimum Gasteiger partial charge on any atom is -0.499 e. The van der Waals surface area contributed by atoms with Crippen LogP contribution in [0.25, 0.3) is 0 Å². The first-order chi connectivity index (χ1) is 5.41. The Morgan fingerprint density at radius 2 is 1.82 bits per heavy atom. The van der Waals surface area contributed by atoms with Crippen LogP contribution in [0.1, 0.15) is 6.92 Å². The van der Waals surface area contributed by atoms with Gasteiger partial charge in [-0.3, -0.25) is 0 Å². The average molecular weight is 160 g/mol. The van der Waals surface area contributed by atoms with E-state index in [1.807, 2.05) is 13.0 Å². The molecule has 0 rings (SSSR count). The second-order valence-corrected chi connectivity index (χ2v) is 1.95. The van der Waals surface area contributed by atoms with Gasteiger partial charge in [-0.2, -0.15) is 0 Å². The number of ether oxygens (including phenoxy) is 3. The number of methoxy groups -OCH3 is 1. The molecule has 11 heavy (non-hydrogen) atoms. The lowest BCUT2D eigenvalue weighted by Gasteiger charge is -2.02. The van der Waals surface area contributed by atoms with Crippen LogP contribution < -0.4 is 0 Å². The smallest absolute Gasteiger partial charge is 0.111 e. The Morgan fingerprint density at radius 1 is 1.09 bits per heavy atom. The largest absolute Gasteiger partial charge is 0.499 e. The minimum absolute atomic E-state index is 0.605. The summed E-state index contributed by atoms with van der Waals surface area (Å²) in [7, 11) is 1.65. The second kappa shape index (κ2) is 9.46. The normalized spacial score (nSPS) is 10.7. The fourth-order valence-corrected chi connectivity index (χ4v) is 0.516. The van der Waals surface area contributed by atoms with E-state index in [4.69, 9.17) is 14.2 Å². The van der Waals surface area contributed by atoms with Crippen molar-refractivity contribution >= 4 is 0 Å². The molecule has 0 N–H and O–H groups in total. The zero-order valence-corrected chi connectivity index (χ0v) is 7.21. The van der Waals surface area contributed by atoms with Crippen LogP contribution in [0.5, 0.6) is 0 Å². The van der Waals surface area contributed by atoms with E-state index in [1.165, 1.54) is 0 Å². The third kappa shape index (κ3) is 9.46. The fraction of sp³-hybridized carbons (Fsp3) is 0.750. The Balaban J connectivity index is 2.79. The van der Waals surface area contributed by atoms with Gasteiger partial charge in [0.1, 0.15) is 6.61 Å². The number of rotatable bonds is 7. The van der Waals surface area contributed by atoms with Crippen molar-refractivity contribution in [2.45, 2.75) is 6.92 Å². The highest BCUT2D eigenvalue weighted by Gasteiger charge is 1.85. The van der Waals surface area contributed by atoms with Crippen molar-refractivity contribution in [1.82, 2.24) is 0 Å². The van der Waals surface area contributed by atoms with Crippen molar-refractivity contribution in [3.63, 3.8) is 0 Å². The molecular weight excluding hydrogens is 144 g/mol. The van der Waals surface area contributed by atoms with Gasteiger partial charge in [0.15, 0.2) is 0 Å². The molecule has 0 aliphatic heterocycles. The average Bonchev–Trinajstić information content (AvgIpc) is 2.03. The first kappa shape index (κ1) is 10.5. The molecule has 0 spiro atoms. The molecule has 0 aromatic carbocycles. The predicted molar refractivity (Wildman–Crippen MR) is 43.5 cm³/mol. The summed E-state index contributed by atoms with van der Waals surface area (Å²) in [6, 6.07) is 0. The first-order valence-corrected chi connectivity index (χ1v) is 3.71. The fourth-order valence-electron chi connectivity index (χ4n) is 0.516. The summed E-state index contributed by atoms with van der Waals surface area (Å²) in [5.41, 5.74) is 0. The van der Waals surface area contributed by atoms with Crippen molar-refractivity contribution in [2.24, 2.45) is 0 Å². The maximum Gasteiger partial charge on any atom is 0.111 e. The van der Waals surface area contributed by atoms with Crippen molar-refractivity contribution in [2.75, 3.05) is 33.5 Å². The summed E-state index contributed by atoms with van der Waals surface area (Å²) >= 11 is 0. The monoisotopic (exact) mass is 160 g/mol. The van der Waals surface area contributed by atoms with Gasteiger partial charge >= 0.3 is 0 Å². The van der Waals surface area contributed by atoms with Crippen LogP contribution in [0.3, 0.4) is 0 Å². The lowest BCUT2D eigenvalue weighted by molar-refractivity contribution is 0.0463. The Kier molecular flexibility index (Phi) is 9.00. The molecule has 3 heteroatoms. The summed E-state index contributed by atoms with van der Waals surface area (Å²) in [4.78, 5) is 0. The highest BCUT2D eigenvalue weighted by Crippen LogP contribution is 1.80. The Labute approximate surface area is 67.9 Å². The third-order valence-electron chi connectivity index (χ3n) is 1.01. The van der Waals surface area contributed by atoms with Gasteiger partial charge in [0.2, 0.25) is 0 Å². The molecule has 0 heterocycles. The highest BCUT2D eigenvalue weighted by molar-refractivity contribution is 4.64. The lowest BCUT2D eigenvalue weighted by Crippen LogP contribution is -2.06. The van der Waals surface area contributed by atoms with Gasteiger partial charge in [0, 0.05) is 7.11 Å². The second-order valence-electron chi connectivity index (χ2n) is 1.95. The molecule has 3 nitrogen and oxygen atoms in total. The zero-order valence-electron chi connectivity index (χ0n) is 7.21. The molecule has 0 aromatic heterocycles. The van der Waals surface area contributed by atoms with E-state index in [0.29, 0.717) is 26.4 Å². The van der Waals surface area contributed by atoms with Crippen molar-refractivity contribution in [3.8, 4) is 0 Å². The van der Waals surface area contributed by atoms with Crippen LogP contribution >= 0.6 is 0 Å². The topological polar surface area (TPSA) is 27.7 Å². The van der Waals surface area contributed by atoms with Gasteiger partial charge in [0.25, 0.3) is 0 Å². The molecule has 0 bridgehead atoms. The van der Waals surface area contributed by atoms with Crippen LogP contribution in [0.4, 0.5) is 0 Å². The van der Waals surface area contributed by atoms with E-state index in [-0.39, 0.29) is 0 Å². The van der Waals surface area contributed by atoms with E-state index in [1.54, 1.807) is 13.4 Å². The maximum atomic E-state index is 5.14. The quantitative estimate of drug-likeness (QED) is 0.413. The van der Waals surface area contributed by atoms with Crippen molar-refractivity contribution in [3.05, 3.63) is 12.3 Å². The maximum absolute atomic E-state index is 5.14. The molecule has 0 aromatic rings. The number of hydrogen-bond acceptors (Lipinski definition) is 3. The Bertz CT molecular complexity index is 91.3. The van der Waals surface area contributed by atoms with Crippen molar-refractivity contribution in [1.29, 1.82) is 0 Å². The van der Waals surface area contributed by atoms with E-state index in [0.717, 1.165) is 0 Å². The van der Waals surface area contributed by atoms with Crippen LogP contribution in [0.15, 0.2) is 12.3 Å². The highest BCUT2D eigenvalue weighted by atomic mass is 16.5. The Morgan fingerprint density at radius 3 is 2.45 bits per heavy atom. The number of allylic oxidation sites excluding steroid dienone is 1. The van der Waals surface area contributed by atoms with Crippen LogP contribution in [-0.2, 0) is 14.2 Å². The van der Waals surface area contributed by atoms with Gasteiger partial charge < -0.3 is 14.2 Å². The van der Waals surface area contributed by atoms with E-state index in [2.05, 4.69) is 0 Å². The van der Waals surface area contributed by atoms with Gasteiger partial charge in [0.05, 0.1) is 26.1 Å². The van der Waals surface area contributed by atoms with E-state index in [9.17, 15) is 0 Å². The summed E-state index contributed by atoms with van der Waals surface area (Å²) in [5.74, 6) is 0. The summed E-state index contributed by atoms with van der Waals surface area (Å²) in [6.07, 6.45) is 3.49. The number of hydrogen-bond donors (Lipinski definition) is 0. The zero-order chi connectivity index (χ0) is 8.36. The molecule has 0 saturated carbocycles. The van der Waals surface area contributed by atoms with Gasteiger partial charge in [-0.25, -0.2) is 0 Å². The van der Waals surface area contributed by atoms with Gasteiger partial charge in [-0.05, 0) is 6.92 Å². The Hall–Kier alpha value is -0.540. The summed E-state index contributed by atoms with van der Waals surface area (Å²) in [5, 5.41) is 0. The minimum atomic E-state index is 0.605.